The van der Waals surface area contributed by atoms with Crippen LogP contribution < -0.4 is 19.5 Å². The molecule has 0 aliphatic rings. The summed E-state index contributed by atoms with van der Waals surface area (Å²) in [7, 11) is 4.36. The molecule has 0 bridgehead atoms. The lowest BCUT2D eigenvalue weighted by Gasteiger charge is -2.14. The second kappa shape index (κ2) is 8.75. The molecule has 26 heavy (non-hydrogen) atoms. The summed E-state index contributed by atoms with van der Waals surface area (Å²) in [5.41, 5.74) is 1.82. The van der Waals surface area contributed by atoms with E-state index in [4.69, 9.17) is 14.2 Å². The van der Waals surface area contributed by atoms with Crippen LogP contribution in [0.25, 0.3) is 0 Å². The molecular formula is C19H21NO6. The van der Waals surface area contributed by atoms with E-state index in [0.717, 1.165) is 5.56 Å². The molecule has 0 fully saturated rings. The summed E-state index contributed by atoms with van der Waals surface area (Å²) in [6.45, 7) is 1.63. The highest BCUT2D eigenvalue weighted by atomic mass is 16.6. The zero-order chi connectivity index (χ0) is 19.1. The molecule has 0 aromatic heterocycles. The van der Waals surface area contributed by atoms with Crippen molar-refractivity contribution in [1.29, 1.82) is 0 Å². The third-order valence-electron chi connectivity index (χ3n) is 3.66. The number of hydrogen-bond acceptors (Lipinski definition) is 6. The van der Waals surface area contributed by atoms with Crippen LogP contribution in [0.5, 0.6) is 17.2 Å². The van der Waals surface area contributed by atoms with Crippen LogP contribution in [0.1, 0.15) is 15.9 Å². The number of aryl methyl sites for hydroxylation is 1. The lowest BCUT2D eigenvalue weighted by atomic mass is 10.1. The van der Waals surface area contributed by atoms with Gasteiger partial charge in [-0.15, -0.1) is 0 Å². The Morgan fingerprint density at radius 1 is 1.00 bits per heavy atom. The second-order valence-corrected chi connectivity index (χ2v) is 5.37. The van der Waals surface area contributed by atoms with Gasteiger partial charge >= 0.3 is 5.97 Å². The number of benzene rings is 2. The Bertz CT molecular complexity index is 803. The van der Waals surface area contributed by atoms with Gasteiger partial charge in [-0.1, -0.05) is 6.07 Å². The van der Waals surface area contributed by atoms with Crippen molar-refractivity contribution in [1.82, 2.24) is 0 Å². The maximum atomic E-state index is 12.5. The van der Waals surface area contributed by atoms with Crippen LogP contribution in [0.3, 0.4) is 0 Å². The molecule has 0 aliphatic heterocycles. The van der Waals surface area contributed by atoms with Crippen molar-refractivity contribution in [2.45, 2.75) is 6.92 Å². The molecule has 0 saturated heterocycles. The van der Waals surface area contributed by atoms with Gasteiger partial charge in [0, 0.05) is 17.3 Å². The first kappa shape index (κ1) is 19.1. The molecule has 0 radical (unpaired) electrons. The molecule has 2 aromatic rings. The Kier molecular flexibility index (Phi) is 6.43. The van der Waals surface area contributed by atoms with Crippen molar-refractivity contribution >= 4 is 17.6 Å². The van der Waals surface area contributed by atoms with Crippen molar-refractivity contribution in [2.75, 3.05) is 33.3 Å². The van der Waals surface area contributed by atoms with Crippen LogP contribution in [-0.2, 0) is 9.53 Å². The van der Waals surface area contributed by atoms with Gasteiger partial charge in [-0.05, 0) is 36.8 Å². The Balaban J connectivity index is 2.16. The molecular weight excluding hydrogens is 338 g/mol. The molecule has 7 heteroatoms. The average Bonchev–Trinajstić information content (AvgIpc) is 2.67. The van der Waals surface area contributed by atoms with Crippen molar-refractivity contribution in [3.8, 4) is 17.2 Å². The number of esters is 1. The van der Waals surface area contributed by atoms with E-state index in [9.17, 15) is 9.59 Å². The Labute approximate surface area is 151 Å². The molecule has 7 nitrogen and oxygen atoms in total. The zero-order valence-electron chi connectivity index (χ0n) is 15.1. The van der Waals surface area contributed by atoms with E-state index in [-0.39, 0.29) is 12.5 Å². The summed E-state index contributed by atoms with van der Waals surface area (Å²) in [6.07, 6.45) is 0. The molecule has 0 saturated carbocycles. The summed E-state index contributed by atoms with van der Waals surface area (Å²) in [5, 5.41) is 2.83. The van der Waals surface area contributed by atoms with Crippen molar-refractivity contribution < 1.29 is 28.5 Å². The number of rotatable bonds is 7. The number of carbonyl (C=O) groups excluding carboxylic acids is 2. The molecule has 1 N–H and O–H groups in total. The largest absolute Gasteiger partial charge is 0.493 e. The molecule has 0 spiro atoms. The topological polar surface area (TPSA) is 83.1 Å². The van der Waals surface area contributed by atoms with Crippen molar-refractivity contribution in [3.63, 3.8) is 0 Å². The lowest BCUT2D eigenvalue weighted by Crippen LogP contribution is -2.15. The normalized spacial score (nSPS) is 10.0. The third kappa shape index (κ3) is 4.66. The lowest BCUT2D eigenvalue weighted by molar-refractivity contribution is -0.142. The summed E-state index contributed by atoms with van der Waals surface area (Å²) < 4.78 is 20.3. The molecule has 138 valence electrons. The van der Waals surface area contributed by atoms with Gasteiger partial charge < -0.3 is 24.3 Å². The summed E-state index contributed by atoms with van der Waals surface area (Å²) in [6, 6.07) is 10.0. The van der Waals surface area contributed by atoms with Gasteiger partial charge in [0.2, 0.25) is 0 Å². The van der Waals surface area contributed by atoms with E-state index < -0.39 is 5.97 Å². The SMILES string of the molecule is COC(=O)COc1cccc(C(=O)Nc2cc(OC)c(OC)cc2C)c1. The van der Waals surface area contributed by atoms with Gasteiger partial charge in [-0.3, -0.25) is 4.79 Å². The van der Waals surface area contributed by atoms with Gasteiger partial charge in [0.25, 0.3) is 5.91 Å². The molecule has 0 atom stereocenters. The minimum Gasteiger partial charge on any atom is -0.493 e. The van der Waals surface area contributed by atoms with E-state index in [1.807, 2.05) is 6.92 Å². The van der Waals surface area contributed by atoms with E-state index in [2.05, 4.69) is 10.1 Å². The number of ether oxygens (including phenoxy) is 4. The van der Waals surface area contributed by atoms with Crippen LogP contribution >= 0.6 is 0 Å². The Morgan fingerprint density at radius 2 is 1.69 bits per heavy atom. The first-order chi connectivity index (χ1) is 12.5. The predicted molar refractivity (Wildman–Crippen MR) is 96.2 cm³/mol. The first-order valence-corrected chi connectivity index (χ1v) is 7.82. The molecule has 0 unspecified atom stereocenters. The highest BCUT2D eigenvalue weighted by molar-refractivity contribution is 6.05. The quantitative estimate of drug-likeness (QED) is 0.766. The van der Waals surface area contributed by atoms with Gasteiger partial charge in [0.15, 0.2) is 18.1 Å². The van der Waals surface area contributed by atoms with Gasteiger partial charge in [-0.2, -0.15) is 0 Å². The molecule has 0 heterocycles. The smallest absolute Gasteiger partial charge is 0.343 e. The Hall–Kier alpha value is -3.22. The highest BCUT2D eigenvalue weighted by Gasteiger charge is 2.13. The third-order valence-corrected chi connectivity index (χ3v) is 3.66. The van der Waals surface area contributed by atoms with Crippen LogP contribution in [-0.4, -0.2) is 39.8 Å². The van der Waals surface area contributed by atoms with E-state index in [1.54, 1.807) is 43.5 Å². The predicted octanol–water partition coefficient (Wildman–Crippen LogP) is 2.82. The van der Waals surface area contributed by atoms with Crippen molar-refractivity contribution in [2.24, 2.45) is 0 Å². The number of methoxy groups -OCH3 is 3. The number of amides is 1. The molecule has 0 aliphatic carbocycles. The number of nitrogens with one attached hydrogen (secondary N) is 1. The van der Waals surface area contributed by atoms with Gasteiger partial charge in [-0.25, -0.2) is 4.79 Å². The fourth-order valence-electron chi connectivity index (χ4n) is 2.24. The van der Waals surface area contributed by atoms with E-state index >= 15 is 0 Å². The molecule has 2 rings (SSSR count). The molecule has 1 amide bonds. The standard InChI is InChI=1S/C19H21NO6/c1-12-8-16(23-2)17(24-3)10-15(12)20-19(22)13-6-5-7-14(9-13)26-11-18(21)25-4/h5-10H,11H2,1-4H3,(H,20,22). The maximum Gasteiger partial charge on any atom is 0.343 e. The monoisotopic (exact) mass is 359 g/mol. The number of anilines is 1. The van der Waals surface area contributed by atoms with Gasteiger partial charge in [0.05, 0.1) is 21.3 Å². The van der Waals surface area contributed by atoms with Crippen molar-refractivity contribution in [3.05, 3.63) is 47.5 Å². The summed E-state index contributed by atoms with van der Waals surface area (Å²) in [5.74, 6) is 0.682. The fourth-order valence-corrected chi connectivity index (χ4v) is 2.24. The average molecular weight is 359 g/mol. The van der Waals surface area contributed by atoms with Crippen LogP contribution in [0, 0.1) is 6.92 Å². The minimum absolute atomic E-state index is 0.226. The first-order valence-electron chi connectivity index (χ1n) is 7.82. The number of carbonyl (C=O) groups is 2. The van der Waals surface area contributed by atoms with Crippen LogP contribution in [0.2, 0.25) is 0 Å². The zero-order valence-corrected chi connectivity index (χ0v) is 15.1. The van der Waals surface area contributed by atoms with E-state index in [1.165, 1.54) is 14.2 Å². The Morgan fingerprint density at radius 3 is 2.35 bits per heavy atom. The minimum atomic E-state index is -0.499. The summed E-state index contributed by atoms with van der Waals surface area (Å²) >= 11 is 0. The maximum absolute atomic E-state index is 12.5. The molecule has 2 aromatic carbocycles. The summed E-state index contributed by atoms with van der Waals surface area (Å²) in [4.78, 5) is 23.7. The second-order valence-electron chi connectivity index (χ2n) is 5.37. The van der Waals surface area contributed by atoms with Crippen LogP contribution in [0.4, 0.5) is 5.69 Å². The fraction of sp³-hybridized carbons (Fsp3) is 0.263. The number of hydrogen-bond donors (Lipinski definition) is 1. The van der Waals surface area contributed by atoms with Crippen LogP contribution in [0.15, 0.2) is 36.4 Å². The van der Waals surface area contributed by atoms with Gasteiger partial charge in [0.1, 0.15) is 5.75 Å². The van der Waals surface area contributed by atoms with E-state index in [0.29, 0.717) is 28.5 Å². The highest BCUT2D eigenvalue weighted by Crippen LogP contribution is 2.33.